The van der Waals surface area contributed by atoms with Crippen LogP contribution in [0.5, 0.6) is 0 Å². The maximum absolute atomic E-state index is 15.2. The number of Topliss-reactive ketones (excluding diaryl/α,β-unsaturated/α-hetero) is 2. The zero-order valence-electron chi connectivity index (χ0n) is 22.2. The van der Waals surface area contributed by atoms with Gasteiger partial charge in [0.15, 0.2) is 5.78 Å². The molecule has 5 heteroatoms. The fraction of sp³-hybridized carbons (Fsp3) is 0.800. The lowest BCUT2D eigenvalue weighted by Gasteiger charge is -2.71. The van der Waals surface area contributed by atoms with Crippen LogP contribution in [0.3, 0.4) is 0 Å². The van der Waals surface area contributed by atoms with Gasteiger partial charge in [0.2, 0.25) is 11.6 Å². The van der Waals surface area contributed by atoms with Crippen LogP contribution in [0, 0.1) is 45.3 Å². The molecule has 6 fully saturated rings. The summed E-state index contributed by atoms with van der Waals surface area (Å²) in [6.45, 7) is 16.3. The van der Waals surface area contributed by atoms with Gasteiger partial charge in [0.05, 0.1) is 22.0 Å². The highest BCUT2D eigenvalue weighted by molar-refractivity contribution is 6.13. The summed E-state index contributed by atoms with van der Waals surface area (Å²) in [6, 6.07) is 0. The molecule has 5 saturated carbocycles. The number of hydrogen-bond donors (Lipinski definition) is 2. The Bertz CT molecular complexity index is 1080. The fourth-order valence-corrected chi connectivity index (χ4v) is 11.1. The zero-order chi connectivity index (χ0) is 25.6. The first-order valence-electron chi connectivity index (χ1n) is 13.7. The summed E-state index contributed by atoms with van der Waals surface area (Å²) in [5.74, 6) is -3.41. The first-order chi connectivity index (χ1) is 16.1. The molecule has 192 valence electrons. The smallest absolute Gasteiger partial charge is 0.241 e. The number of ketones is 2. The molecule has 8 atom stereocenters. The van der Waals surface area contributed by atoms with Crippen molar-refractivity contribution < 1.29 is 24.5 Å². The summed E-state index contributed by atoms with van der Waals surface area (Å²) in [6.07, 6.45) is 8.53. The van der Waals surface area contributed by atoms with Gasteiger partial charge >= 0.3 is 0 Å². The third-order valence-electron chi connectivity index (χ3n) is 12.1. The highest BCUT2D eigenvalue weighted by atomic mass is 16.7. The molecule has 0 amide bonds. The molecule has 7 rings (SSSR count). The SMILES string of the molecule is C=CC1=C[C@H]2[C@@H]3C(C)(C)O[C@]4(O)C(=O)[C@]25C[C@]2(O)CCCC(C)(C)[C@H]2CC[C@@]5(C1)C(=O)[C@]34C(C)C. The van der Waals surface area contributed by atoms with Gasteiger partial charge in [-0.05, 0) is 75.5 Å². The van der Waals surface area contributed by atoms with Crippen molar-refractivity contribution >= 4 is 11.6 Å². The fourth-order valence-electron chi connectivity index (χ4n) is 11.1. The molecule has 0 aromatic rings. The van der Waals surface area contributed by atoms with E-state index >= 15 is 4.79 Å². The van der Waals surface area contributed by atoms with Crippen LogP contribution in [-0.2, 0) is 14.3 Å². The summed E-state index contributed by atoms with van der Waals surface area (Å²) >= 11 is 0. The minimum Gasteiger partial charge on any atom is -0.390 e. The van der Waals surface area contributed by atoms with E-state index in [0.717, 1.165) is 18.4 Å². The Labute approximate surface area is 209 Å². The van der Waals surface area contributed by atoms with Gasteiger partial charge in [-0.25, -0.2) is 0 Å². The van der Waals surface area contributed by atoms with Crippen molar-refractivity contribution in [3.63, 3.8) is 0 Å². The summed E-state index contributed by atoms with van der Waals surface area (Å²) in [7, 11) is 0. The molecule has 7 aliphatic rings. The second-order valence-electron chi connectivity index (χ2n) is 14.4. The van der Waals surface area contributed by atoms with Crippen molar-refractivity contribution in [1.29, 1.82) is 0 Å². The van der Waals surface area contributed by atoms with Crippen molar-refractivity contribution in [2.45, 2.75) is 103 Å². The lowest BCUT2D eigenvalue weighted by atomic mass is 9.28. The van der Waals surface area contributed by atoms with Crippen molar-refractivity contribution in [3.05, 3.63) is 24.3 Å². The molecular weight excluding hydrogens is 440 g/mol. The predicted molar refractivity (Wildman–Crippen MR) is 132 cm³/mol. The van der Waals surface area contributed by atoms with Crippen LogP contribution < -0.4 is 0 Å². The minimum atomic E-state index is -2.16. The summed E-state index contributed by atoms with van der Waals surface area (Å²) in [5.41, 5.74) is -4.41. The monoisotopic (exact) mass is 482 g/mol. The van der Waals surface area contributed by atoms with E-state index in [1.54, 1.807) is 0 Å². The Morgan fingerprint density at radius 3 is 2.40 bits per heavy atom. The van der Waals surface area contributed by atoms with Crippen LogP contribution in [-0.4, -0.2) is 38.8 Å². The van der Waals surface area contributed by atoms with E-state index in [-0.39, 0.29) is 47.1 Å². The van der Waals surface area contributed by atoms with Crippen LogP contribution in [0.1, 0.15) is 86.5 Å². The Hall–Kier alpha value is -1.30. The first kappa shape index (κ1) is 24.1. The molecular formula is C30H42O5. The maximum Gasteiger partial charge on any atom is 0.241 e. The second kappa shape index (κ2) is 6.39. The highest BCUT2D eigenvalue weighted by Gasteiger charge is 2.93. The number of aliphatic hydroxyl groups is 2. The molecule has 2 N–H and O–H groups in total. The van der Waals surface area contributed by atoms with Crippen LogP contribution in [0.2, 0.25) is 0 Å². The average molecular weight is 483 g/mol. The molecule has 0 unspecified atom stereocenters. The van der Waals surface area contributed by atoms with Crippen LogP contribution >= 0.6 is 0 Å². The Morgan fingerprint density at radius 2 is 1.77 bits per heavy atom. The summed E-state index contributed by atoms with van der Waals surface area (Å²) < 4.78 is 6.36. The molecule has 0 aromatic heterocycles. The van der Waals surface area contributed by atoms with Gasteiger partial charge in [0, 0.05) is 11.3 Å². The van der Waals surface area contributed by atoms with E-state index in [2.05, 4.69) is 26.5 Å². The Morgan fingerprint density at radius 1 is 1.09 bits per heavy atom. The molecule has 0 radical (unpaired) electrons. The van der Waals surface area contributed by atoms with E-state index < -0.39 is 33.2 Å². The number of allylic oxidation sites excluding steroid dienone is 3. The molecule has 6 bridgehead atoms. The lowest BCUT2D eigenvalue weighted by molar-refractivity contribution is -0.286. The molecule has 1 aliphatic heterocycles. The number of rotatable bonds is 2. The highest BCUT2D eigenvalue weighted by Crippen LogP contribution is 2.83. The van der Waals surface area contributed by atoms with Crippen molar-refractivity contribution in [2.75, 3.05) is 0 Å². The van der Waals surface area contributed by atoms with Gasteiger partial charge in [-0.2, -0.15) is 0 Å². The van der Waals surface area contributed by atoms with E-state index in [0.29, 0.717) is 25.7 Å². The van der Waals surface area contributed by atoms with Crippen LogP contribution in [0.4, 0.5) is 0 Å². The first-order valence-corrected chi connectivity index (χ1v) is 13.7. The maximum atomic E-state index is 15.2. The van der Waals surface area contributed by atoms with Gasteiger partial charge in [-0.3, -0.25) is 9.59 Å². The molecule has 1 saturated heterocycles. The average Bonchev–Trinajstić information content (AvgIpc) is 2.81. The summed E-state index contributed by atoms with van der Waals surface area (Å²) in [4.78, 5) is 30.1. The number of fused-ring (bicyclic) bond motifs is 1. The van der Waals surface area contributed by atoms with Crippen LogP contribution in [0.25, 0.3) is 0 Å². The van der Waals surface area contributed by atoms with Crippen molar-refractivity contribution in [2.24, 2.45) is 45.3 Å². The Balaban J connectivity index is 1.71. The van der Waals surface area contributed by atoms with E-state index in [1.807, 2.05) is 33.8 Å². The molecule has 6 aliphatic carbocycles. The molecule has 0 aromatic carbocycles. The molecule has 5 nitrogen and oxygen atoms in total. The minimum absolute atomic E-state index is 0.00132. The number of ether oxygens (including phenoxy) is 1. The third kappa shape index (κ3) is 2.22. The van der Waals surface area contributed by atoms with Crippen molar-refractivity contribution in [3.8, 4) is 0 Å². The van der Waals surface area contributed by atoms with E-state index in [9.17, 15) is 15.0 Å². The number of carbonyl (C=O) groups is 2. The number of hydrogen-bond acceptors (Lipinski definition) is 5. The lowest BCUT2D eigenvalue weighted by Crippen LogP contribution is -2.83. The van der Waals surface area contributed by atoms with Gasteiger partial charge in [0.1, 0.15) is 0 Å². The zero-order valence-corrected chi connectivity index (χ0v) is 22.2. The molecule has 1 spiro atoms. The predicted octanol–water partition coefficient (Wildman–Crippen LogP) is 4.75. The summed E-state index contributed by atoms with van der Waals surface area (Å²) in [5, 5.41) is 24.7. The van der Waals surface area contributed by atoms with E-state index in [1.165, 1.54) is 0 Å². The largest absolute Gasteiger partial charge is 0.390 e. The van der Waals surface area contributed by atoms with Gasteiger partial charge in [0.25, 0.3) is 0 Å². The van der Waals surface area contributed by atoms with Crippen molar-refractivity contribution in [1.82, 2.24) is 0 Å². The second-order valence-corrected chi connectivity index (χ2v) is 14.4. The van der Waals surface area contributed by atoms with Crippen LogP contribution in [0.15, 0.2) is 24.3 Å². The van der Waals surface area contributed by atoms with Gasteiger partial charge in [-0.15, -0.1) is 0 Å². The topological polar surface area (TPSA) is 83.8 Å². The third-order valence-corrected chi connectivity index (χ3v) is 12.1. The molecule has 35 heavy (non-hydrogen) atoms. The quantitative estimate of drug-likeness (QED) is 0.593. The van der Waals surface area contributed by atoms with Gasteiger partial charge < -0.3 is 14.9 Å². The molecule has 1 heterocycles. The Kier molecular flexibility index (Phi) is 4.39. The van der Waals surface area contributed by atoms with Gasteiger partial charge in [-0.1, -0.05) is 58.4 Å². The normalized spacial score (nSPS) is 53.1. The number of carbonyl (C=O) groups excluding carboxylic acids is 2. The standard InChI is InChI=1S/C30H42O5/c1-8-18-14-19-21-25(6,7)35-30(34)23(32)28(19)16-27(33)12-9-11-24(4,5)20(27)10-13-26(28,15-18)22(31)29(21,30)17(2)3/h8,14,17,19-21,33-34H,1,9-13,15-16H2,2-7H3/t19-,20+,21+,26+,27+,28-,29-,30+/m0/s1. The van der Waals surface area contributed by atoms with E-state index in [4.69, 9.17) is 4.74 Å².